The van der Waals surface area contributed by atoms with Crippen LogP contribution in [0.3, 0.4) is 0 Å². The van der Waals surface area contributed by atoms with Crippen LogP contribution in [0.2, 0.25) is 0 Å². The van der Waals surface area contributed by atoms with Crippen LogP contribution in [0.1, 0.15) is 0 Å². The minimum Gasteiger partial charge on any atom is -0.325 e. The minimum atomic E-state index is -3.29. The number of benzene rings is 1. The van der Waals surface area contributed by atoms with Crippen LogP contribution < -0.4 is 15.4 Å². The van der Waals surface area contributed by atoms with Gasteiger partial charge in [0.2, 0.25) is 15.9 Å². The number of anilines is 2. The van der Waals surface area contributed by atoms with Gasteiger partial charge < -0.3 is 5.32 Å². The number of nitrogens with one attached hydrogen (secondary N) is 3. The summed E-state index contributed by atoms with van der Waals surface area (Å²) in [6.07, 6.45) is 6.10. The maximum atomic E-state index is 11.4. The molecule has 0 spiro atoms. The third kappa shape index (κ3) is 6.45. The van der Waals surface area contributed by atoms with Crippen molar-refractivity contribution in [1.82, 2.24) is 5.32 Å². The lowest BCUT2D eigenvalue weighted by Crippen LogP contribution is -2.28. The first-order valence-corrected chi connectivity index (χ1v) is 7.32. The highest BCUT2D eigenvalue weighted by molar-refractivity contribution is 7.92. The van der Waals surface area contributed by atoms with Crippen LogP contribution in [-0.2, 0) is 14.8 Å². The Balaban J connectivity index is 2.53. The Bertz CT molecular complexity index is 573. The lowest BCUT2D eigenvalue weighted by Gasteiger charge is -2.07. The van der Waals surface area contributed by atoms with E-state index in [0.29, 0.717) is 17.9 Å². The number of hydrogen-bond acceptors (Lipinski definition) is 4. The van der Waals surface area contributed by atoms with Crippen LogP contribution in [0.4, 0.5) is 11.4 Å². The van der Waals surface area contributed by atoms with E-state index in [1.807, 2.05) is 0 Å². The molecule has 0 aliphatic rings. The zero-order valence-corrected chi connectivity index (χ0v) is 11.3. The van der Waals surface area contributed by atoms with Gasteiger partial charge in [-0.3, -0.25) is 14.8 Å². The van der Waals surface area contributed by atoms with E-state index in [0.717, 1.165) is 6.26 Å². The summed E-state index contributed by atoms with van der Waals surface area (Å²) in [5.74, 6) is 2.14. The summed E-state index contributed by atoms with van der Waals surface area (Å²) in [5, 5.41) is 5.40. The summed E-state index contributed by atoms with van der Waals surface area (Å²) in [5.41, 5.74) is 1.01. The van der Waals surface area contributed by atoms with Crippen LogP contribution in [0, 0.1) is 12.3 Å². The standard InChI is InChI=1S/C12H15N3O3S/c1-3-8-13-9-12(16)14-10-4-6-11(7-5-10)15-19(2,17)18/h1,4-7,13,15H,8-9H2,2H3,(H,14,16). The second-order valence-electron chi connectivity index (χ2n) is 3.81. The Morgan fingerprint density at radius 2 is 1.84 bits per heavy atom. The molecule has 1 rings (SSSR count). The molecule has 7 heteroatoms. The molecule has 0 radical (unpaired) electrons. The molecule has 6 nitrogen and oxygen atoms in total. The zero-order valence-electron chi connectivity index (χ0n) is 10.4. The van der Waals surface area contributed by atoms with Gasteiger partial charge in [-0.2, -0.15) is 0 Å². The summed E-state index contributed by atoms with van der Waals surface area (Å²) in [6, 6.07) is 6.33. The summed E-state index contributed by atoms with van der Waals surface area (Å²) in [4.78, 5) is 11.4. The van der Waals surface area contributed by atoms with Crippen molar-refractivity contribution in [2.24, 2.45) is 0 Å². The Hall–Kier alpha value is -2.04. The number of sulfonamides is 1. The number of terminal acetylenes is 1. The van der Waals surface area contributed by atoms with Crippen molar-refractivity contribution in [3.63, 3.8) is 0 Å². The molecule has 0 aromatic heterocycles. The van der Waals surface area contributed by atoms with Crippen LogP contribution >= 0.6 is 0 Å². The highest BCUT2D eigenvalue weighted by Crippen LogP contribution is 2.14. The first kappa shape index (κ1) is 15.0. The topological polar surface area (TPSA) is 87.3 Å². The SMILES string of the molecule is C#CCNCC(=O)Nc1ccc(NS(C)(=O)=O)cc1. The molecule has 1 amide bonds. The van der Waals surface area contributed by atoms with Gasteiger partial charge in [0.25, 0.3) is 0 Å². The monoisotopic (exact) mass is 281 g/mol. The van der Waals surface area contributed by atoms with Gasteiger partial charge >= 0.3 is 0 Å². The Morgan fingerprint density at radius 3 is 2.37 bits per heavy atom. The molecule has 0 atom stereocenters. The smallest absolute Gasteiger partial charge is 0.238 e. The van der Waals surface area contributed by atoms with Crippen molar-refractivity contribution in [3.8, 4) is 12.3 Å². The van der Waals surface area contributed by atoms with E-state index in [-0.39, 0.29) is 12.5 Å². The molecule has 3 N–H and O–H groups in total. The molecule has 0 fully saturated rings. The highest BCUT2D eigenvalue weighted by atomic mass is 32.2. The molecule has 1 aromatic carbocycles. The largest absolute Gasteiger partial charge is 0.325 e. The molecule has 0 saturated carbocycles. The van der Waals surface area contributed by atoms with Crippen LogP contribution in [0.15, 0.2) is 24.3 Å². The first-order chi connectivity index (χ1) is 8.90. The van der Waals surface area contributed by atoms with Gasteiger partial charge in [-0.15, -0.1) is 6.42 Å². The molecule has 19 heavy (non-hydrogen) atoms. The molecule has 0 aliphatic heterocycles. The van der Waals surface area contributed by atoms with Crippen LogP contribution in [0.5, 0.6) is 0 Å². The average molecular weight is 281 g/mol. The van der Waals surface area contributed by atoms with Gasteiger partial charge in [-0.1, -0.05) is 5.92 Å². The Kier molecular flexibility index (Phi) is 5.36. The lowest BCUT2D eigenvalue weighted by atomic mass is 10.3. The summed E-state index contributed by atoms with van der Waals surface area (Å²) < 4.78 is 24.3. The van der Waals surface area contributed by atoms with Gasteiger partial charge in [0.15, 0.2) is 0 Å². The molecule has 0 saturated heterocycles. The predicted octanol–water partition coefficient (Wildman–Crippen LogP) is 0.219. The molecule has 102 valence electrons. The van der Waals surface area contributed by atoms with Crippen molar-refractivity contribution < 1.29 is 13.2 Å². The fourth-order valence-corrected chi connectivity index (χ4v) is 1.85. The highest BCUT2D eigenvalue weighted by Gasteiger charge is 2.03. The van der Waals surface area contributed by atoms with E-state index in [1.54, 1.807) is 24.3 Å². The summed E-state index contributed by atoms with van der Waals surface area (Å²) >= 11 is 0. The van der Waals surface area contributed by atoms with Crippen molar-refractivity contribution in [1.29, 1.82) is 0 Å². The molecule has 1 aromatic rings. The maximum absolute atomic E-state index is 11.4. The first-order valence-electron chi connectivity index (χ1n) is 5.42. The molecule has 0 unspecified atom stereocenters. The quantitative estimate of drug-likeness (QED) is 0.514. The van der Waals surface area contributed by atoms with E-state index in [1.165, 1.54) is 0 Å². The maximum Gasteiger partial charge on any atom is 0.238 e. The lowest BCUT2D eigenvalue weighted by molar-refractivity contribution is -0.115. The zero-order chi connectivity index (χ0) is 14.3. The van der Waals surface area contributed by atoms with Gasteiger partial charge in [-0.25, -0.2) is 8.42 Å². The van der Waals surface area contributed by atoms with Crippen molar-refractivity contribution in [2.75, 3.05) is 29.4 Å². The number of carbonyl (C=O) groups is 1. The average Bonchev–Trinajstić information content (AvgIpc) is 2.30. The number of amides is 1. The molecular weight excluding hydrogens is 266 g/mol. The molecule has 0 aliphatic carbocycles. The van der Waals surface area contributed by atoms with Gasteiger partial charge in [0, 0.05) is 11.4 Å². The van der Waals surface area contributed by atoms with E-state index in [2.05, 4.69) is 21.3 Å². The van der Waals surface area contributed by atoms with E-state index in [9.17, 15) is 13.2 Å². The Morgan fingerprint density at radius 1 is 1.26 bits per heavy atom. The van der Waals surface area contributed by atoms with Crippen molar-refractivity contribution >= 4 is 27.3 Å². The van der Waals surface area contributed by atoms with Gasteiger partial charge in [-0.05, 0) is 24.3 Å². The Labute approximate surface area is 112 Å². The third-order valence-corrected chi connectivity index (χ3v) is 2.59. The van der Waals surface area contributed by atoms with E-state index < -0.39 is 10.0 Å². The van der Waals surface area contributed by atoms with Crippen LogP contribution in [-0.4, -0.2) is 33.7 Å². The van der Waals surface area contributed by atoms with Gasteiger partial charge in [0.1, 0.15) is 0 Å². The number of rotatable bonds is 6. The van der Waals surface area contributed by atoms with Gasteiger partial charge in [0.05, 0.1) is 19.3 Å². The number of hydrogen-bond donors (Lipinski definition) is 3. The molecule has 0 heterocycles. The molecular formula is C12H15N3O3S. The fraction of sp³-hybridized carbons (Fsp3) is 0.250. The predicted molar refractivity (Wildman–Crippen MR) is 75.2 cm³/mol. The summed E-state index contributed by atoms with van der Waals surface area (Å²) in [6.45, 7) is 0.443. The third-order valence-electron chi connectivity index (χ3n) is 1.98. The molecule has 0 bridgehead atoms. The normalized spacial score (nSPS) is 10.5. The van der Waals surface area contributed by atoms with E-state index >= 15 is 0 Å². The second kappa shape index (κ2) is 6.78. The fourth-order valence-electron chi connectivity index (χ4n) is 1.29. The van der Waals surface area contributed by atoms with E-state index in [4.69, 9.17) is 6.42 Å². The van der Waals surface area contributed by atoms with Crippen molar-refractivity contribution in [2.45, 2.75) is 0 Å². The second-order valence-corrected chi connectivity index (χ2v) is 5.56. The summed E-state index contributed by atoms with van der Waals surface area (Å²) in [7, 11) is -3.29. The minimum absolute atomic E-state index is 0.119. The number of carbonyl (C=O) groups excluding carboxylic acids is 1. The van der Waals surface area contributed by atoms with Crippen molar-refractivity contribution in [3.05, 3.63) is 24.3 Å². The van der Waals surface area contributed by atoms with Crippen LogP contribution in [0.25, 0.3) is 0 Å².